The zero-order valence-corrected chi connectivity index (χ0v) is 8.58. The Kier molecular flexibility index (Phi) is 3.35. The molecule has 1 rings (SSSR count). The number of rotatable bonds is 2. The molecule has 86 valence electrons. The molecule has 0 aromatic rings. The van der Waals surface area contributed by atoms with Gasteiger partial charge >= 0.3 is 12.2 Å². The summed E-state index contributed by atoms with van der Waals surface area (Å²) in [6, 6.07) is 0. The molecule has 2 atom stereocenters. The lowest BCUT2D eigenvalue weighted by molar-refractivity contribution is -0.0791. The van der Waals surface area contributed by atoms with Crippen LogP contribution < -0.4 is 0 Å². The van der Waals surface area contributed by atoms with Gasteiger partial charge in [-0.25, -0.2) is 9.59 Å². The van der Waals surface area contributed by atoms with Crippen LogP contribution >= 0.6 is 0 Å². The Morgan fingerprint density at radius 2 is 1.40 bits per heavy atom. The van der Waals surface area contributed by atoms with Crippen molar-refractivity contribution in [2.75, 3.05) is 14.1 Å². The number of carbonyl (C=O) groups is 2. The number of nitrogens with zero attached hydrogens (tertiary/aromatic N) is 2. The fraction of sp³-hybridized carbons (Fsp3) is 0.750. The van der Waals surface area contributed by atoms with Gasteiger partial charge in [-0.1, -0.05) is 0 Å². The molecule has 1 heterocycles. The minimum Gasteiger partial charge on any atom is -0.465 e. The van der Waals surface area contributed by atoms with Crippen molar-refractivity contribution in [3.05, 3.63) is 0 Å². The van der Waals surface area contributed by atoms with Crippen molar-refractivity contribution in [3.63, 3.8) is 0 Å². The van der Waals surface area contributed by atoms with E-state index in [-0.39, 0.29) is 0 Å². The van der Waals surface area contributed by atoms with E-state index in [0.29, 0.717) is 12.8 Å². The third-order valence-electron chi connectivity index (χ3n) is 2.44. The SMILES string of the molecule is CN(C(=O)O)C1CCC(N(C)C(=O)O)O1. The Labute approximate surface area is 86.8 Å². The van der Waals surface area contributed by atoms with Crippen LogP contribution in [0, 0.1) is 0 Å². The molecule has 7 nitrogen and oxygen atoms in total. The van der Waals surface area contributed by atoms with Crippen LogP contribution in [0.2, 0.25) is 0 Å². The van der Waals surface area contributed by atoms with Crippen molar-refractivity contribution in [1.82, 2.24) is 9.80 Å². The van der Waals surface area contributed by atoms with Crippen molar-refractivity contribution >= 4 is 12.2 Å². The van der Waals surface area contributed by atoms with Crippen molar-refractivity contribution in [2.24, 2.45) is 0 Å². The molecule has 2 N–H and O–H groups in total. The Bertz CT molecular complexity index is 244. The van der Waals surface area contributed by atoms with Gasteiger partial charge in [-0.2, -0.15) is 0 Å². The van der Waals surface area contributed by atoms with Gasteiger partial charge in [-0.15, -0.1) is 0 Å². The van der Waals surface area contributed by atoms with Crippen molar-refractivity contribution in [3.8, 4) is 0 Å². The molecule has 0 bridgehead atoms. The molecule has 7 heteroatoms. The van der Waals surface area contributed by atoms with Crippen LogP contribution in [0.15, 0.2) is 0 Å². The number of hydrogen-bond acceptors (Lipinski definition) is 3. The zero-order valence-electron chi connectivity index (χ0n) is 8.58. The Morgan fingerprint density at radius 3 is 1.67 bits per heavy atom. The molecule has 2 amide bonds. The summed E-state index contributed by atoms with van der Waals surface area (Å²) < 4.78 is 5.30. The predicted octanol–water partition coefficient (Wildman–Crippen LogP) is 0.669. The maximum atomic E-state index is 10.6. The molecule has 0 radical (unpaired) electrons. The van der Waals surface area contributed by atoms with Crippen LogP contribution in [0.5, 0.6) is 0 Å². The maximum absolute atomic E-state index is 10.6. The highest BCUT2D eigenvalue weighted by Crippen LogP contribution is 2.23. The highest BCUT2D eigenvalue weighted by atomic mass is 16.5. The van der Waals surface area contributed by atoms with Gasteiger partial charge in [0.2, 0.25) is 0 Å². The molecule has 1 aliphatic rings. The van der Waals surface area contributed by atoms with E-state index in [4.69, 9.17) is 14.9 Å². The molecule has 15 heavy (non-hydrogen) atoms. The average molecular weight is 218 g/mol. The Balaban J connectivity index is 2.52. The van der Waals surface area contributed by atoms with Gasteiger partial charge in [0, 0.05) is 14.1 Å². The summed E-state index contributed by atoms with van der Waals surface area (Å²) in [5.41, 5.74) is 0. The minimum absolute atomic E-state index is 0.505. The average Bonchev–Trinajstić information content (AvgIpc) is 2.63. The number of ether oxygens (including phenoxy) is 1. The van der Waals surface area contributed by atoms with Crippen LogP contribution in [0.25, 0.3) is 0 Å². The second-order valence-corrected chi connectivity index (χ2v) is 3.41. The number of hydrogen-bond donors (Lipinski definition) is 2. The van der Waals surface area contributed by atoms with Crippen molar-refractivity contribution in [2.45, 2.75) is 25.3 Å². The molecule has 0 spiro atoms. The highest BCUT2D eigenvalue weighted by molar-refractivity contribution is 5.65. The van der Waals surface area contributed by atoms with E-state index >= 15 is 0 Å². The van der Waals surface area contributed by atoms with E-state index in [1.165, 1.54) is 14.1 Å². The van der Waals surface area contributed by atoms with Gasteiger partial charge in [0.15, 0.2) is 0 Å². The van der Waals surface area contributed by atoms with E-state index in [0.717, 1.165) is 9.80 Å². The van der Waals surface area contributed by atoms with Crippen molar-refractivity contribution in [1.29, 1.82) is 0 Å². The third-order valence-corrected chi connectivity index (χ3v) is 2.44. The monoisotopic (exact) mass is 218 g/mol. The lowest BCUT2D eigenvalue weighted by Gasteiger charge is -2.24. The van der Waals surface area contributed by atoms with Crippen LogP contribution in [0.4, 0.5) is 9.59 Å². The summed E-state index contributed by atoms with van der Waals surface area (Å²) in [6.07, 6.45) is -2.28. The second-order valence-electron chi connectivity index (χ2n) is 3.41. The van der Waals surface area contributed by atoms with E-state index in [1.807, 2.05) is 0 Å². The van der Waals surface area contributed by atoms with Gasteiger partial charge < -0.3 is 14.9 Å². The quantitative estimate of drug-likeness (QED) is 0.710. The lowest BCUT2D eigenvalue weighted by atomic mass is 10.3. The number of amides is 2. The summed E-state index contributed by atoms with van der Waals surface area (Å²) in [5, 5.41) is 17.4. The summed E-state index contributed by atoms with van der Waals surface area (Å²) in [7, 11) is 2.80. The fourth-order valence-electron chi connectivity index (χ4n) is 1.42. The fourth-order valence-corrected chi connectivity index (χ4v) is 1.42. The van der Waals surface area contributed by atoms with Crippen LogP contribution in [-0.2, 0) is 4.74 Å². The van der Waals surface area contributed by atoms with Gasteiger partial charge in [-0.3, -0.25) is 9.80 Å². The molecular formula is C8H14N2O5. The van der Waals surface area contributed by atoms with Crippen LogP contribution in [-0.4, -0.2) is 58.8 Å². The molecule has 1 saturated heterocycles. The molecule has 0 saturated carbocycles. The van der Waals surface area contributed by atoms with E-state index < -0.39 is 24.6 Å². The van der Waals surface area contributed by atoms with E-state index in [9.17, 15) is 9.59 Å². The normalized spacial score (nSPS) is 24.9. The Morgan fingerprint density at radius 1 is 1.07 bits per heavy atom. The first-order chi connectivity index (χ1) is 6.93. The first-order valence-corrected chi connectivity index (χ1v) is 4.50. The molecule has 1 fully saturated rings. The summed E-state index contributed by atoms with van der Waals surface area (Å²) in [6.45, 7) is 0. The molecule has 2 unspecified atom stereocenters. The van der Waals surface area contributed by atoms with Crippen molar-refractivity contribution < 1.29 is 24.5 Å². The maximum Gasteiger partial charge on any atom is 0.409 e. The molecule has 1 aliphatic heterocycles. The summed E-state index contributed by atoms with van der Waals surface area (Å²) in [5.74, 6) is 0. The van der Waals surface area contributed by atoms with Gasteiger partial charge in [0.05, 0.1) is 0 Å². The second kappa shape index (κ2) is 4.35. The Hall–Kier alpha value is -1.50. The summed E-state index contributed by atoms with van der Waals surface area (Å²) >= 11 is 0. The molecule has 0 aromatic heterocycles. The molecule has 0 aromatic carbocycles. The zero-order chi connectivity index (χ0) is 11.6. The topological polar surface area (TPSA) is 90.3 Å². The molecular weight excluding hydrogens is 204 g/mol. The lowest BCUT2D eigenvalue weighted by Crippen LogP contribution is -2.40. The van der Waals surface area contributed by atoms with Gasteiger partial charge in [0.25, 0.3) is 0 Å². The third kappa shape index (κ3) is 2.50. The summed E-state index contributed by atoms with van der Waals surface area (Å²) in [4.78, 5) is 23.3. The highest BCUT2D eigenvalue weighted by Gasteiger charge is 2.34. The van der Waals surface area contributed by atoms with Gasteiger partial charge in [0.1, 0.15) is 12.5 Å². The first kappa shape index (κ1) is 11.6. The van der Waals surface area contributed by atoms with Gasteiger partial charge in [-0.05, 0) is 12.8 Å². The van der Waals surface area contributed by atoms with E-state index in [1.54, 1.807) is 0 Å². The van der Waals surface area contributed by atoms with Crippen LogP contribution in [0.3, 0.4) is 0 Å². The van der Waals surface area contributed by atoms with Crippen LogP contribution in [0.1, 0.15) is 12.8 Å². The smallest absolute Gasteiger partial charge is 0.409 e. The predicted molar refractivity (Wildman–Crippen MR) is 49.5 cm³/mol. The largest absolute Gasteiger partial charge is 0.465 e. The minimum atomic E-state index is -1.08. The molecule has 0 aliphatic carbocycles. The number of carboxylic acid groups (broad SMARTS) is 2. The van der Waals surface area contributed by atoms with E-state index in [2.05, 4.69) is 0 Å². The standard InChI is InChI=1S/C8H14N2O5/c1-9(7(11)12)5-3-4-6(15-5)10(2)8(13)14/h5-6H,3-4H2,1-2H3,(H,11,12)(H,13,14). The first-order valence-electron chi connectivity index (χ1n) is 4.50.